The maximum absolute atomic E-state index is 12.2. The van der Waals surface area contributed by atoms with Gasteiger partial charge in [0.2, 0.25) is 5.91 Å². The second kappa shape index (κ2) is 8.25. The van der Waals surface area contributed by atoms with Gasteiger partial charge in [0.1, 0.15) is 6.61 Å². The van der Waals surface area contributed by atoms with Crippen molar-refractivity contribution in [3.63, 3.8) is 0 Å². The molecule has 3 rings (SSSR count). The van der Waals surface area contributed by atoms with Crippen LogP contribution in [0.1, 0.15) is 29.6 Å². The summed E-state index contributed by atoms with van der Waals surface area (Å²) in [5.41, 5.74) is 1.97. The minimum absolute atomic E-state index is 0.0276. The average Bonchev–Trinajstić information content (AvgIpc) is 3.25. The Morgan fingerprint density at radius 3 is 2.88 bits per heavy atom. The van der Waals surface area contributed by atoms with E-state index >= 15 is 0 Å². The lowest BCUT2D eigenvalue weighted by Crippen LogP contribution is -2.28. The lowest BCUT2D eigenvalue weighted by molar-refractivity contribution is -0.149. The SMILES string of the molecule is CCc1nc(COC(=O)C2CC(=O)N(CCc3ccccc3)C2)cs1. The molecular formula is C19H22N2O3S. The molecule has 132 valence electrons. The molecular weight excluding hydrogens is 336 g/mol. The van der Waals surface area contributed by atoms with Crippen LogP contribution in [-0.4, -0.2) is 34.8 Å². The number of carbonyl (C=O) groups is 2. The van der Waals surface area contributed by atoms with Crippen molar-refractivity contribution in [3.05, 3.63) is 52.0 Å². The lowest BCUT2D eigenvalue weighted by atomic mass is 10.1. The van der Waals surface area contributed by atoms with Crippen LogP contribution in [0.3, 0.4) is 0 Å². The Labute approximate surface area is 151 Å². The molecule has 0 spiro atoms. The Morgan fingerprint density at radius 2 is 2.16 bits per heavy atom. The van der Waals surface area contributed by atoms with Crippen LogP contribution in [0, 0.1) is 5.92 Å². The minimum atomic E-state index is -0.368. The van der Waals surface area contributed by atoms with Crippen molar-refractivity contribution in [2.75, 3.05) is 13.1 Å². The van der Waals surface area contributed by atoms with Gasteiger partial charge in [0.05, 0.1) is 16.6 Å². The first-order valence-electron chi connectivity index (χ1n) is 8.57. The van der Waals surface area contributed by atoms with Crippen LogP contribution in [-0.2, 0) is 33.8 Å². The molecule has 0 aliphatic carbocycles. The van der Waals surface area contributed by atoms with Crippen molar-refractivity contribution in [3.8, 4) is 0 Å². The first-order valence-corrected chi connectivity index (χ1v) is 9.45. The second-order valence-corrected chi connectivity index (χ2v) is 7.11. The van der Waals surface area contributed by atoms with Crippen LogP contribution >= 0.6 is 11.3 Å². The van der Waals surface area contributed by atoms with Crippen LogP contribution in [0.25, 0.3) is 0 Å². The summed E-state index contributed by atoms with van der Waals surface area (Å²) in [6.45, 7) is 3.31. The number of amides is 1. The van der Waals surface area contributed by atoms with Gasteiger partial charge in [0, 0.05) is 24.9 Å². The van der Waals surface area contributed by atoms with Crippen molar-refractivity contribution in [1.29, 1.82) is 0 Å². The largest absolute Gasteiger partial charge is 0.459 e. The highest BCUT2D eigenvalue weighted by Gasteiger charge is 2.35. The summed E-state index contributed by atoms with van der Waals surface area (Å²) in [6, 6.07) is 10.0. The zero-order chi connectivity index (χ0) is 17.6. The van der Waals surface area contributed by atoms with Crippen molar-refractivity contribution in [2.45, 2.75) is 32.8 Å². The number of hydrogen-bond donors (Lipinski definition) is 0. The molecule has 0 radical (unpaired) electrons. The molecule has 5 nitrogen and oxygen atoms in total. The molecule has 1 unspecified atom stereocenters. The quantitative estimate of drug-likeness (QED) is 0.714. The number of aromatic nitrogens is 1. The van der Waals surface area contributed by atoms with E-state index in [1.165, 1.54) is 5.56 Å². The Balaban J connectivity index is 1.46. The first-order chi connectivity index (χ1) is 12.2. The Bertz CT molecular complexity index is 729. The van der Waals surface area contributed by atoms with Gasteiger partial charge in [-0.2, -0.15) is 0 Å². The third-order valence-corrected chi connectivity index (χ3v) is 5.37. The van der Waals surface area contributed by atoms with Gasteiger partial charge in [-0.3, -0.25) is 9.59 Å². The van der Waals surface area contributed by atoms with E-state index in [0.717, 1.165) is 23.5 Å². The third-order valence-electron chi connectivity index (χ3n) is 4.33. The van der Waals surface area contributed by atoms with E-state index in [1.54, 1.807) is 16.2 Å². The van der Waals surface area contributed by atoms with Crippen LogP contribution in [0.5, 0.6) is 0 Å². The molecule has 1 atom stereocenters. The zero-order valence-electron chi connectivity index (χ0n) is 14.3. The van der Waals surface area contributed by atoms with Gasteiger partial charge in [0.25, 0.3) is 0 Å². The summed E-state index contributed by atoms with van der Waals surface area (Å²) < 4.78 is 5.36. The molecule has 0 bridgehead atoms. The number of thiazole rings is 1. The van der Waals surface area contributed by atoms with Gasteiger partial charge in [-0.25, -0.2) is 4.98 Å². The molecule has 25 heavy (non-hydrogen) atoms. The van der Waals surface area contributed by atoms with E-state index in [2.05, 4.69) is 4.98 Å². The van der Waals surface area contributed by atoms with Crippen molar-refractivity contribution in [2.24, 2.45) is 5.92 Å². The van der Waals surface area contributed by atoms with E-state index in [0.29, 0.717) is 13.1 Å². The van der Waals surface area contributed by atoms with Gasteiger partial charge < -0.3 is 9.64 Å². The van der Waals surface area contributed by atoms with Crippen molar-refractivity contribution in [1.82, 2.24) is 9.88 Å². The van der Waals surface area contributed by atoms with Crippen LogP contribution in [0.2, 0.25) is 0 Å². The molecule has 2 heterocycles. The Morgan fingerprint density at radius 1 is 1.36 bits per heavy atom. The molecule has 6 heteroatoms. The summed E-state index contributed by atoms with van der Waals surface area (Å²) >= 11 is 1.57. The normalized spacial score (nSPS) is 17.1. The number of carbonyl (C=O) groups excluding carboxylic acids is 2. The second-order valence-electron chi connectivity index (χ2n) is 6.17. The molecule has 1 aliphatic heterocycles. The molecule has 2 aromatic rings. The van der Waals surface area contributed by atoms with Gasteiger partial charge in [0.15, 0.2) is 0 Å². The van der Waals surface area contributed by atoms with E-state index in [-0.39, 0.29) is 30.8 Å². The number of aryl methyl sites for hydroxylation is 1. The molecule has 1 fully saturated rings. The summed E-state index contributed by atoms with van der Waals surface area (Å²) in [5.74, 6) is -0.644. The van der Waals surface area contributed by atoms with Gasteiger partial charge in [-0.1, -0.05) is 37.3 Å². The molecule has 1 amide bonds. The van der Waals surface area contributed by atoms with Gasteiger partial charge in [-0.15, -0.1) is 11.3 Å². The van der Waals surface area contributed by atoms with Gasteiger partial charge >= 0.3 is 5.97 Å². The predicted molar refractivity (Wildman–Crippen MR) is 96.1 cm³/mol. The number of hydrogen-bond acceptors (Lipinski definition) is 5. The Kier molecular flexibility index (Phi) is 5.81. The summed E-state index contributed by atoms with van der Waals surface area (Å²) in [5, 5.41) is 2.95. The van der Waals surface area contributed by atoms with E-state index in [1.807, 2.05) is 42.6 Å². The third kappa shape index (κ3) is 4.66. The molecule has 1 aliphatic rings. The molecule has 1 saturated heterocycles. The topological polar surface area (TPSA) is 59.5 Å². The number of rotatable bonds is 7. The molecule has 1 aromatic heterocycles. The summed E-state index contributed by atoms with van der Waals surface area (Å²) in [6.07, 6.45) is 1.92. The molecule has 1 aromatic carbocycles. The van der Waals surface area contributed by atoms with Crippen molar-refractivity contribution < 1.29 is 14.3 Å². The van der Waals surface area contributed by atoms with E-state index in [4.69, 9.17) is 4.74 Å². The maximum Gasteiger partial charge on any atom is 0.311 e. The number of ether oxygens (including phenoxy) is 1. The highest BCUT2D eigenvalue weighted by Crippen LogP contribution is 2.20. The highest BCUT2D eigenvalue weighted by molar-refractivity contribution is 7.09. The maximum atomic E-state index is 12.2. The summed E-state index contributed by atoms with van der Waals surface area (Å²) in [4.78, 5) is 30.5. The van der Waals surface area contributed by atoms with Crippen LogP contribution in [0.4, 0.5) is 0 Å². The lowest BCUT2D eigenvalue weighted by Gasteiger charge is -2.16. The van der Waals surface area contributed by atoms with E-state index < -0.39 is 0 Å². The number of likely N-dealkylation sites (tertiary alicyclic amines) is 1. The van der Waals surface area contributed by atoms with Crippen LogP contribution in [0.15, 0.2) is 35.7 Å². The summed E-state index contributed by atoms with van der Waals surface area (Å²) in [7, 11) is 0. The fourth-order valence-corrected chi connectivity index (χ4v) is 3.62. The molecule has 0 N–H and O–H groups in total. The Hall–Kier alpha value is -2.21. The fourth-order valence-electron chi connectivity index (χ4n) is 2.90. The van der Waals surface area contributed by atoms with Crippen molar-refractivity contribution >= 4 is 23.2 Å². The minimum Gasteiger partial charge on any atom is -0.459 e. The smallest absolute Gasteiger partial charge is 0.311 e. The number of benzene rings is 1. The number of esters is 1. The first kappa shape index (κ1) is 17.6. The monoisotopic (exact) mass is 358 g/mol. The van der Waals surface area contributed by atoms with E-state index in [9.17, 15) is 9.59 Å². The average molecular weight is 358 g/mol. The highest BCUT2D eigenvalue weighted by atomic mass is 32.1. The zero-order valence-corrected chi connectivity index (χ0v) is 15.1. The molecule has 0 saturated carbocycles. The fraction of sp³-hybridized carbons (Fsp3) is 0.421. The number of nitrogens with zero attached hydrogens (tertiary/aromatic N) is 2. The van der Waals surface area contributed by atoms with Crippen LogP contribution < -0.4 is 0 Å². The standard InChI is InChI=1S/C19H22N2O3S/c1-2-17-20-16(13-25-17)12-24-19(23)15-10-18(22)21(11-15)9-8-14-6-4-3-5-7-14/h3-7,13,15H,2,8-12H2,1H3. The predicted octanol–water partition coefficient (Wildman–Crippen LogP) is 2.84. The van der Waals surface area contributed by atoms with Gasteiger partial charge in [-0.05, 0) is 18.4 Å².